The Morgan fingerprint density at radius 1 is 0.864 bits per heavy atom. The van der Waals surface area contributed by atoms with Crippen molar-refractivity contribution in [1.82, 2.24) is 0 Å². The minimum Gasteiger partial charge on any atom is -0.364 e. The van der Waals surface area contributed by atoms with Crippen LogP contribution in [0.5, 0.6) is 0 Å². The van der Waals surface area contributed by atoms with Crippen LogP contribution in [0.25, 0.3) is 10.8 Å². The monoisotopic (exact) mass is 351 g/mol. The summed E-state index contributed by atoms with van der Waals surface area (Å²) in [6, 6.07) is 24.8. The van der Waals surface area contributed by atoms with E-state index in [1.54, 1.807) is 0 Å². The molecular formula is C20H18BrN. The third kappa shape index (κ3) is 2.89. The van der Waals surface area contributed by atoms with Crippen LogP contribution in [0.15, 0.2) is 71.2 Å². The molecule has 0 radical (unpaired) electrons. The van der Waals surface area contributed by atoms with Crippen molar-refractivity contribution in [2.75, 3.05) is 4.90 Å². The molecule has 1 aliphatic rings. The van der Waals surface area contributed by atoms with E-state index < -0.39 is 0 Å². The van der Waals surface area contributed by atoms with Crippen LogP contribution in [0, 0.1) is 0 Å². The SMILES string of the molecule is Brc1ccc(N(Cc2ccc3ccccc3c2)C2CC2)cc1. The summed E-state index contributed by atoms with van der Waals surface area (Å²) in [6.07, 6.45) is 2.62. The van der Waals surface area contributed by atoms with Gasteiger partial charge in [0.25, 0.3) is 0 Å². The number of halogens is 1. The zero-order valence-electron chi connectivity index (χ0n) is 12.4. The van der Waals surface area contributed by atoms with E-state index in [9.17, 15) is 0 Å². The van der Waals surface area contributed by atoms with Crippen molar-refractivity contribution in [2.45, 2.75) is 25.4 Å². The Kier molecular flexibility index (Phi) is 3.63. The summed E-state index contributed by atoms with van der Waals surface area (Å²) in [4.78, 5) is 2.54. The van der Waals surface area contributed by atoms with Gasteiger partial charge in [-0.15, -0.1) is 0 Å². The predicted molar refractivity (Wildman–Crippen MR) is 97.3 cm³/mol. The molecule has 3 aromatic carbocycles. The van der Waals surface area contributed by atoms with Gasteiger partial charge in [0.2, 0.25) is 0 Å². The maximum atomic E-state index is 3.52. The standard InChI is InChI=1S/C20H18BrN/c21-18-7-9-19(10-8-18)22(20-11-12-20)14-15-5-6-16-3-1-2-4-17(16)13-15/h1-10,13,20H,11-12,14H2. The predicted octanol–water partition coefficient (Wildman–Crippen LogP) is 5.77. The summed E-state index contributed by atoms with van der Waals surface area (Å²) in [6.45, 7) is 0.983. The van der Waals surface area contributed by atoms with Crippen molar-refractivity contribution < 1.29 is 0 Å². The van der Waals surface area contributed by atoms with Crippen LogP contribution in [0.1, 0.15) is 18.4 Å². The molecule has 1 fully saturated rings. The van der Waals surface area contributed by atoms with Gasteiger partial charge in [-0.1, -0.05) is 52.3 Å². The van der Waals surface area contributed by atoms with Crippen LogP contribution < -0.4 is 4.90 Å². The van der Waals surface area contributed by atoms with Crippen LogP contribution in [-0.4, -0.2) is 6.04 Å². The number of anilines is 1. The quantitative estimate of drug-likeness (QED) is 0.576. The zero-order valence-corrected chi connectivity index (χ0v) is 14.0. The summed E-state index contributed by atoms with van der Waals surface area (Å²) < 4.78 is 1.14. The molecule has 0 atom stereocenters. The van der Waals surface area contributed by atoms with Crippen LogP contribution in [0.2, 0.25) is 0 Å². The number of nitrogens with zero attached hydrogens (tertiary/aromatic N) is 1. The van der Waals surface area contributed by atoms with Crippen molar-refractivity contribution in [3.05, 3.63) is 76.8 Å². The first-order valence-corrected chi connectivity index (χ1v) is 8.59. The molecule has 110 valence electrons. The van der Waals surface area contributed by atoms with Crippen molar-refractivity contribution in [3.8, 4) is 0 Å². The molecule has 22 heavy (non-hydrogen) atoms. The van der Waals surface area contributed by atoms with E-state index in [4.69, 9.17) is 0 Å². The zero-order chi connectivity index (χ0) is 14.9. The molecule has 0 unspecified atom stereocenters. The minimum atomic E-state index is 0.702. The largest absolute Gasteiger partial charge is 0.364 e. The first kappa shape index (κ1) is 13.8. The fraction of sp³-hybridized carbons (Fsp3) is 0.200. The molecule has 1 nitrogen and oxygen atoms in total. The van der Waals surface area contributed by atoms with E-state index >= 15 is 0 Å². The summed E-state index contributed by atoms with van der Waals surface area (Å²) in [5.41, 5.74) is 2.70. The van der Waals surface area contributed by atoms with E-state index in [1.165, 1.54) is 34.9 Å². The van der Waals surface area contributed by atoms with Crippen molar-refractivity contribution >= 4 is 32.4 Å². The molecule has 0 amide bonds. The second-order valence-electron chi connectivity index (χ2n) is 6.02. The highest BCUT2D eigenvalue weighted by molar-refractivity contribution is 9.10. The first-order chi connectivity index (χ1) is 10.8. The van der Waals surface area contributed by atoms with E-state index in [-0.39, 0.29) is 0 Å². The lowest BCUT2D eigenvalue weighted by atomic mass is 10.1. The van der Waals surface area contributed by atoms with Crippen molar-refractivity contribution in [2.24, 2.45) is 0 Å². The summed E-state index contributed by atoms with van der Waals surface area (Å²) >= 11 is 3.52. The number of rotatable bonds is 4. The molecule has 0 spiro atoms. The molecule has 2 heteroatoms. The Hall–Kier alpha value is -1.80. The highest BCUT2D eigenvalue weighted by atomic mass is 79.9. The van der Waals surface area contributed by atoms with Gasteiger partial charge in [0.15, 0.2) is 0 Å². The Labute approximate surface area is 139 Å². The first-order valence-electron chi connectivity index (χ1n) is 7.79. The molecule has 4 rings (SSSR count). The Bertz CT molecular complexity index is 790. The number of hydrogen-bond donors (Lipinski definition) is 0. The number of fused-ring (bicyclic) bond motifs is 1. The second kappa shape index (κ2) is 5.77. The molecule has 1 saturated carbocycles. The lowest BCUT2D eigenvalue weighted by molar-refractivity contribution is 0.795. The van der Waals surface area contributed by atoms with Gasteiger partial charge in [0, 0.05) is 22.7 Å². The maximum absolute atomic E-state index is 3.52. The van der Waals surface area contributed by atoms with Crippen LogP contribution >= 0.6 is 15.9 Å². The number of hydrogen-bond acceptors (Lipinski definition) is 1. The van der Waals surface area contributed by atoms with Crippen molar-refractivity contribution in [1.29, 1.82) is 0 Å². The van der Waals surface area contributed by atoms with Gasteiger partial charge >= 0.3 is 0 Å². The third-order valence-electron chi connectivity index (χ3n) is 4.31. The van der Waals surface area contributed by atoms with E-state index in [2.05, 4.69) is 87.6 Å². The molecular weight excluding hydrogens is 334 g/mol. The Balaban J connectivity index is 1.64. The third-order valence-corrected chi connectivity index (χ3v) is 4.84. The van der Waals surface area contributed by atoms with Gasteiger partial charge < -0.3 is 4.90 Å². The van der Waals surface area contributed by atoms with Gasteiger partial charge in [-0.2, -0.15) is 0 Å². The molecule has 1 aliphatic carbocycles. The average molecular weight is 352 g/mol. The topological polar surface area (TPSA) is 3.24 Å². The van der Waals surface area contributed by atoms with E-state index in [1.807, 2.05) is 0 Å². The molecule has 0 aliphatic heterocycles. The van der Waals surface area contributed by atoms with Gasteiger partial charge in [0.05, 0.1) is 0 Å². The molecule has 0 heterocycles. The molecule has 3 aromatic rings. The van der Waals surface area contributed by atoms with Gasteiger partial charge in [-0.3, -0.25) is 0 Å². The lowest BCUT2D eigenvalue weighted by Gasteiger charge is -2.25. The Morgan fingerprint density at radius 3 is 2.32 bits per heavy atom. The van der Waals surface area contributed by atoms with Crippen molar-refractivity contribution in [3.63, 3.8) is 0 Å². The maximum Gasteiger partial charge on any atom is 0.0432 e. The molecule has 0 aromatic heterocycles. The summed E-state index contributed by atoms with van der Waals surface area (Å²) in [5, 5.41) is 2.64. The highest BCUT2D eigenvalue weighted by Crippen LogP contribution is 2.34. The van der Waals surface area contributed by atoms with E-state index in [0.717, 1.165) is 11.0 Å². The smallest absolute Gasteiger partial charge is 0.0432 e. The Morgan fingerprint density at radius 2 is 1.59 bits per heavy atom. The number of benzene rings is 3. The summed E-state index contributed by atoms with van der Waals surface area (Å²) in [7, 11) is 0. The highest BCUT2D eigenvalue weighted by Gasteiger charge is 2.29. The van der Waals surface area contributed by atoms with E-state index in [0.29, 0.717) is 6.04 Å². The molecule has 0 bridgehead atoms. The minimum absolute atomic E-state index is 0.702. The molecule has 0 N–H and O–H groups in total. The fourth-order valence-electron chi connectivity index (χ4n) is 2.98. The van der Waals surface area contributed by atoms with Crippen LogP contribution in [0.4, 0.5) is 5.69 Å². The summed E-state index contributed by atoms with van der Waals surface area (Å²) in [5.74, 6) is 0. The normalized spacial score (nSPS) is 14.2. The van der Waals surface area contributed by atoms with Gasteiger partial charge in [-0.05, 0) is 59.5 Å². The second-order valence-corrected chi connectivity index (χ2v) is 6.93. The van der Waals surface area contributed by atoms with Crippen LogP contribution in [-0.2, 0) is 6.54 Å². The average Bonchev–Trinajstić information content (AvgIpc) is 3.38. The molecule has 0 saturated heterocycles. The van der Waals surface area contributed by atoms with Crippen LogP contribution in [0.3, 0.4) is 0 Å². The van der Waals surface area contributed by atoms with Gasteiger partial charge in [-0.25, -0.2) is 0 Å². The van der Waals surface area contributed by atoms with Gasteiger partial charge in [0.1, 0.15) is 0 Å². The lowest BCUT2D eigenvalue weighted by Crippen LogP contribution is -2.24. The fourth-order valence-corrected chi connectivity index (χ4v) is 3.25.